The first kappa shape index (κ1) is 21.2. The van der Waals surface area contributed by atoms with Crippen LogP contribution in [0.3, 0.4) is 0 Å². The van der Waals surface area contributed by atoms with Crippen LogP contribution in [-0.2, 0) is 16.0 Å². The van der Waals surface area contributed by atoms with Gasteiger partial charge in [0.25, 0.3) is 5.91 Å². The van der Waals surface area contributed by atoms with Gasteiger partial charge < -0.3 is 10.1 Å². The molecule has 160 valence electrons. The Morgan fingerprint density at radius 3 is 2.55 bits per heavy atom. The van der Waals surface area contributed by atoms with Crippen LogP contribution < -0.4 is 5.32 Å². The zero-order valence-electron chi connectivity index (χ0n) is 17.5. The fourth-order valence-electron chi connectivity index (χ4n) is 3.86. The summed E-state index contributed by atoms with van der Waals surface area (Å²) in [6.45, 7) is 2.11. The number of ether oxygens (including phenoxy) is 1. The number of hydrogen-bond donors (Lipinski definition) is 1. The maximum atomic E-state index is 12.8. The Balaban J connectivity index is 1.60. The van der Waals surface area contributed by atoms with Gasteiger partial charge in [-0.25, -0.2) is 9.97 Å². The minimum Gasteiger partial charge on any atom is -0.469 e. The van der Waals surface area contributed by atoms with Crippen molar-refractivity contribution in [1.29, 1.82) is 0 Å². The van der Waals surface area contributed by atoms with Crippen LogP contribution in [0.5, 0.6) is 0 Å². The van der Waals surface area contributed by atoms with E-state index in [4.69, 9.17) is 26.3 Å². The number of nitrogens with zero attached hydrogens (tertiary/aromatic N) is 2. The van der Waals surface area contributed by atoms with Crippen molar-refractivity contribution in [1.82, 2.24) is 15.3 Å². The number of carbonyl (C=O) groups is 2. The van der Waals surface area contributed by atoms with Gasteiger partial charge in [-0.1, -0.05) is 31.0 Å². The summed E-state index contributed by atoms with van der Waals surface area (Å²) < 4.78 is 4.75. The summed E-state index contributed by atoms with van der Waals surface area (Å²) in [4.78, 5) is 33.8. The molecule has 3 aromatic rings. The number of benzene rings is 2. The van der Waals surface area contributed by atoms with E-state index in [1.807, 2.05) is 30.3 Å². The van der Waals surface area contributed by atoms with Gasteiger partial charge in [0.15, 0.2) is 5.82 Å². The molecule has 0 radical (unpaired) electrons. The first-order valence-electron chi connectivity index (χ1n) is 10.4. The lowest BCUT2D eigenvalue weighted by Crippen LogP contribution is -2.47. The predicted octanol–water partition coefficient (Wildman–Crippen LogP) is 4.58. The Hall–Kier alpha value is -2.99. The van der Waals surface area contributed by atoms with Crippen molar-refractivity contribution in [2.24, 2.45) is 5.92 Å². The largest absolute Gasteiger partial charge is 0.469 e. The second kappa shape index (κ2) is 9.02. The molecule has 4 rings (SSSR count). The van der Waals surface area contributed by atoms with E-state index in [0.29, 0.717) is 29.3 Å². The zero-order valence-corrected chi connectivity index (χ0v) is 18.3. The molecule has 0 spiro atoms. The Kier molecular flexibility index (Phi) is 6.18. The molecule has 2 aromatic carbocycles. The van der Waals surface area contributed by atoms with Crippen molar-refractivity contribution in [3.05, 3.63) is 58.7 Å². The van der Waals surface area contributed by atoms with Gasteiger partial charge in [0.05, 0.1) is 24.2 Å². The average molecular weight is 438 g/mol. The van der Waals surface area contributed by atoms with Crippen LogP contribution in [0, 0.1) is 5.92 Å². The molecule has 1 aromatic heterocycles. The predicted molar refractivity (Wildman–Crippen MR) is 120 cm³/mol. The van der Waals surface area contributed by atoms with Crippen LogP contribution >= 0.6 is 11.6 Å². The lowest BCUT2D eigenvalue weighted by Gasteiger charge is -2.33. The molecular weight excluding hydrogens is 414 g/mol. The summed E-state index contributed by atoms with van der Waals surface area (Å²) in [6.07, 6.45) is 2.99. The quantitative estimate of drug-likeness (QED) is 0.570. The van der Waals surface area contributed by atoms with E-state index in [2.05, 4.69) is 12.2 Å². The van der Waals surface area contributed by atoms with E-state index in [0.717, 1.165) is 35.0 Å². The molecule has 1 fully saturated rings. The summed E-state index contributed by atoms with van der Waals surface area (Å²) in [5.74, 6) is 0.105. The van der Waals surface area contributed by atoms with Crippen molar-refractivity contribution < 1.29 is 14.3 Å². The van der Waals surface area contributed by atoms with Crippen LogP contribution in [0.2, 0.25) is 5.02 Å². The van der Waals surface area contributed by atoms with Crippen molar-refractivity contribution >= 4 is 34.4 Å². The molecule has 31 heavy (non-hydrogen) atoms. The highest BCUT2D eigenvalue weighted by Gasteiger charge is 2.36. The van der Waals surface area contributed by atoms with Crippen LogP contribution in [0.25, 0.3) is 22.3 Å². The van der Waals surface area contributed by atoms with Gasteiger partial charge in [-0.3, -0.25) is 9.59 Å². The molecule has 1 aliphatic carbocycles. The van der Waals surface area contributed by atoms with E-state index >= 15 is 0 Å². The molecular formula is C24H24ClN3O3. The second-order valence-corrected chi connectivity index (χ2v) is 8.28. The third-order valence-electron chi connectivity index (χ3n) is 5.64. The van der Waals surface area contributed by atoms with Crippen LogP contribution in [0.15, 0.2) is 42.5 Å². The molecule has 0 bridgehead atoms. The lowest BCUT2D eigenvalue weighted by molar-refractivity contribution is -0.149. The van der Waals surface area contributed by atoms with Gasteiger partial charge in [-0.05, 0) is 55.7 Å². The van der Waals surface area contributed by atoms with Crippen molar-refractivity contribution in [3.8, 4) is 11.4 Å². The van der Waals surface area contributed by atoms with E-state index in [1.54, 1.807) is 12.1 Å². The highest BCUT2D eigenvalue weighted by atomic mass is 35.5. The Labute approximate surface area is 186 Å². The minimum absolute atomic E-state index is 0.0158. The SMILES string of the molecule is CCCc1nc(-c2ccc(Cl)cc2)nc2cc(C(=O)N[C@H]3C[C@@H](C(=O)OC)C3)ccc12. The average Bonchev–Trinajstić information content (AvgIpc) is 2.75. The van der Waals surface area contributed by atoms with Crippen LogP contribution in [0.1, 0.15) is 42.2 Å². The molecule has 1 saturated carbocycles. The number of aromatic nitrogens is 2. The van der Waals surface area contributed by atoms with Gasteiger partial charge >= 0.3 is 5.97 Å². The number of methoxy groups -OCH3 is 1. The van der Waals surface area contributed by atoms with Gasteiger partial charge in [0.2, 0.25) is 0 Å². The molecule has 0 aliphatic heterocycles. The number of nitrogens with one attached hydrogen (secondary N) is 1. The third kappa shape index (κ3) is 4.54. The third-order valence-corrected chi connectivity index (χ3v) is 5.89. The number of esters is 1. The first-order chi connectivity index (χ1) is 15.0. The number of carbonyl (C=O) groups excluding carboxylic acids is 2. The van der Waals surface area contributed by atoms with Gasteiger partial charge in [0.1, 0.15) is 0 Å². The normalized spacial score (nSPS) is 17.8. The van der Waals surface area contributed by atoms with Crippen LogP contribution in [-0.4, -0.2) is 35.0 Å². The summed E-state index contributed by atoms with van der Waals surface area (Å²) in [7, 11) is 1.39. The van der Waals surface area contributed by atoms with Crippen molar-refractivity contribution in [2.45, 2.75) is 38.6 Å². The van der Waals surface area contributed by atoms with E-state index in [9.17, 15) is 9.59 Å². The fraction of sp³-hybridized carbons (Fsp3) is 0.333. The maximum absolute atomic E-state index is 12.8. The van der Waals surface area contributed by atoms with E-state index in [1.165, 1.54) is 7.11 Å². The van der Waals surface area contributed by atoms with Crippen molar-refractivity contribution in [3.63, 3.8) is 0 Å². The Morgan fingerprint density at radius 2 is 1.87 bits per heavy atom. The fourth-order valence-corrected chi connectivity index (χ4v) is 3.98. The second-order valence-electron chi connectivity index (χ2n) is 7.84. The van der Waals surface area contributed by atoms with Crippen LogP contribution in [0.4, 0.5) is 0 Å². The minimum atomic E-state index is -0.217. The number of aryl methyl sites for hydroxylation is 1. The zero-order chi connectivity index (χ0) is 22.0. The molecule has 1 heterocycles. The maximum Gasteiger partial charge on any atom is 0.308 e. The Morgan fingerprint density at radius 1 is 1.13 bits per heavy atom. The van der Waals surface area contributed by atoms with E-state index < -0.39 is 0 Å². The monoisotopic (exact) mass is 437 g/mol. The molecule has 0 saturated heterocycles. The first-order valence-corrected chi connectivity index (χ1v) is 10.8. The van der Waals surface area contributed by atoms with E-state index in [-0.39, 0.29) is 23.8 Å². The number of amides is 1. The molecule has 7 heteroatoms. The van der Waals surface area contributed by atoms with Gasteiger partial charge in [0, 0.05) is 27.6 Å². The Bertz CT molecular complexity index is 1120. The topological polar surface area (TPSA) is 81.2 Å². The lowest BCUT2D eigenvalue weighted by atomic mass is 9.80. The molecule has 6 nitrogen and oxygen atoms in total. The number of fused-ring (bicyclic) bond motifs is 1. The molecule has 1 N–H and O–H groups in total. The number of hydrogen-bond acceptors (Lipinski definition) is 5. The highest BCUT2D eigenvalue weighted by molar-refractivity contribution is 6.30. The number of rotatable bonds is 6. The molecule has 1 aliphatic rings. The van der Waals surface area contributed by atoms with Gasteiger partial charge in [-0.2, -0.15) is 0 Å². The summed E-state index contributed by atoms with van der Waals surface area (Å²) >= 11 is 6.01. The summed E-state index contributed by atoms with van der Waals surface area (Å²) in [5, 5.41) is 4.60. The smallest absolute Gasteiger partial charge is 0.308 e. The summed E-state index contributed by atoms with van der Waals surface area (Å²) in [6, 6.07) is 12.9. The molecule has 0 unspecified atom stereocenters. The summed E-state index contributed by atoms with van der Waals surface area (Å²) in [5.41, 5.74) is 3.11. The van der Waals surface area contributed by atoms with Gasteiger partial charge in [-0.15, -0.1) is 0 Å². The standard InChI is InChI=1S/C24H24ClN3O3/c1-3-4-20-19-10-7-15(23(29)26-18-11-16(12-18)24(30)31-2)13-21(19)28-22(27-20)14-5-8-17(25)9-6-14/h5-10,13,16,18H,3-4,11-12H2,1-2H3,(H,26,29)/t16-,18+. The van der Waals surface area contributed by atoms with Crippen molar-refractivity contribution in [2.75, 3.05) is 7.11 Å². The molecule has 0 atom stereocenters. The molecule has 1 amide bonds. The number of halogens is 1. The highest BCUT2D eigenvalue weighted by Crippen LogP contribution is 2.29.